The van der Waals surface area contributed by atoms with E-state index >= 15 is 0 Å². The number of hydrogen-bond acceptors (Lipinski definition) is 4. The molecule has 1 aliphatic rings. The van der Waals surface area contributed by atoms with Gasteiger partial charge in [-0.15, -0.1) is 0 Å². The van der Waals surface area contributed by atoms with Crippen molar-refractivity contribution in [1.29, 1.82) is 0 Å². The van der Waals surface area contributed by atoms with Crippen LogP contribution in [0, 0.1) is 0 Å². The van der Waals surface area contributed by atoms with Crippen LogP contribution in [0.3, 0.4) is 0 Å². The van der Waals surface area contributed by atoms with E-state index in [1.54, 1.807) is 6.07 Å². The number of aromatic nitrogens is 1. The van der Waals surface area contributed by atoms with Crippen molar-refractivity contribution in [3.05, 3.63) is 23.9 Å². The molecule has 4 heteroatoms. The first-order chi connectivity index (χ1) is 9.15. The molecule has 1 saturated carbocycles. The minimum atomic E-state index is -0.306. The summed E-state index contributed by atoms with van der Waals surface area (Å²) in [4.78, 5) is 16.3. The van der Waals surface area contributed by atoms with Crippen LogP contribution in [0.4, 0.5) is 5.82 Å². The maximum Gasteiger partial charge on any atom is 0.357 e. The van der Waals surface area contributed by atoms with Crippen LogP contribution in [0.25, 0.3) is 0 Å². The van der Waals surface area contributed by atoms with Gasteiger partial charge in [0.05, 0.1) is 0 Å². The van der Waals surface area contributed by atoms with E-state index in [4.69, 9.17) is 4.74 Å². The van der Waals surface area contributed by atoms with E-state index in [1.807, 2.05) is 26.0 Å². The van der Waals surface area contributed by atoms with Crippen LogP contribution in [-0.4, -0.2) is 23.1 Å². The number of anilines is 1. The summed E-state index contributed by atoms with van der Waals surface area (Å²) in [6.07, 6.45) is 5.59. The lowest BCUT2D eigenvalue weighted by Gasteiger charge is -2.21. The fraction of sp³-hybridized carbons (Fsp3) is 0.600. The number of pyridine rings is 1. The van der Waals surface area contributed by atoms with E-state index in [0.29, 0.717) is 11.5 Å². The summed E-state index contributed by atoms with van der Waals surface area (Å²) in [5.74, 6) is 0.410. The first-order valence-corrected chi connectivity index (χ1v) is 7.10. The number of nitrogens with zero attached hydrogens (tertiary/aromatic N) is 1. The monoisotopic (exact) mass is 262 g/mol. The van der Waals surface area contributed by atoms with Crippen molar-refractivity contribution in [2.24, 2.45) is 0 Å². The van der Waals surface area contributed by atoms with Gasteiger partial charge in [-0.25, -0.2) is 9.78 Å². The number of nitrogens with one attached hydrogen (secondary N) is 1. The molecular weight excluding hydrogens is 240 g/mol. The van der Waals surface area contributed by atoms with Gasteiger partial charge in [0.25, 0.3) is 0 Å². The maximum atomic E-state index is 12.0. The second kappa shape index (κ2) is 6.55. The van der Waals surface area contributed by atoms with Crippen LogP contribution in [0.15, 0.2) is 18.2 Å². The minimum absolute atomic E-state index is 0.0739. The minimum Gasteiger partial charge on any atom is -0.458 e. The van der Waals surface area contributed by atoms with Crippen molar-refractivity contribution in [2.45, 2.75) is 58.1 Å². The Morgan fingerprint density at radius 2 is 2.05 bits per heavy atom. The standard InChI is InChI=1S/C15H22N2O2/c1-11(2)16-14-10-6-9-13(17-14)15(18)19-12-7-4-3-5-8-12/h6,9-12H,3-5,7-8H2,1-2H3,(H,16,17). The van der Waals surface area contributed by atoms with Crippen molar-refractivity contribution in [3.8, 4) is 0 Å². The van der Waals surface area contributed by atoms with E-state index in [9.17, 15) is 4.79 Å². The van der Waals surface area contributed by atoms with Gasteiger partial charge in [-0.1, -0.05) is 12.5 Å². The van der Waals surface area contributed by atoms with Gasteiger partial charge in [-0.05, 0) is 51.7 Å². The summed E-state index contributed by atoms with van der Waals surface area (Å²) in [6.45, 7) is 4.07. The quantitative estimate of drug-likeness (QED) is 0.845. The molecule has 1 aromatic rings. The Bertz CT molecular complexity index is 426. The number of hydrogen-bond donors (Lipinski definition) is 1. The van der Waals surface area contributed by atoms with Crippen molar-refractivity contribution < 1.29 is 9.53 Å². The third-order valence-corrected chi connectivity index (χ3v) is 3.22. The smallest absolute Gasteiger partial charge is 0.357 e. The number of carbonyl (C=O) groups excluding carboxylic acids is 1. The highest BCUT2D eigenvalue weighted by Gasteiger charge is 2.19. The number of ether oxygens (including phenoxy) is 1. The van der Waals surface area contributed by atoms with Crippen molar-refractivity contribution in [3.63, 3.8) is 0 Å². The molecule has 2 rings (SSSR count). The maximum absolute atomic E-state index is 12.0. The average Bonchev–Trinajstić information content (AvgIpc) is 2.39. The summed E-state index contributed by atoms with van der Waals surface area (Å²) >= 11 is 0. The molecule has 0 bridgehead atoms. The van der Waals surface area contributed by atoms with E-state index in [1.165, 1.54) is 6.42 Å². The molecule has 0 radical (unpaired) electrons. The van der Waals surface area contributed by atoms with Gasteiger partial charge in [-0.3, -0.25) is 0 Å². The predicted octanol–water partition coefficient (Wildman–Crippen LogP) is 3.39. The Morgan fingerprint density at radius 1 is 1.32 bits per heavy atom. The normalized spacial score (nSPS) is 16.4. The van der Waals surface area contributed by atoms with Gasteiger partial charge in [0.2, 0.25) is 0 Å². The SMILES string of the molecule is CC(C)Nc1cccc(C(=O)OC2CCCCC2)n1. The van der Waals surface area contributed by atoms with Gasteiger partial charge in [0.1, 0.15) is 11.9 Å². The Hall–Kier alpha value is -1.58. The highest BCUT2D eigenvalue weighted by Crippen LogP contribution is 2.21. The van der Waals surface area contributed by atoms with Gasteiger partial charge in [0, 0.05) is 6.04 Å². The Kier molecular flexibility index (Phi) is 4.77. The number of esters is 1. The van der Waals surface area contributed by atoms with Crippen molar-refractivity contribution in [1.82, 2.24) is 4.98 Å². The fourth-order valence-corrected chi connectivity index (χ4v) is 2.32. The molecule has 0 atom stereocenters. The average molecular weight is 262 g/mol. The third-order valence-electron chi connectivity index (χ3n) is 3.22. The highest BCUT2D eigenvalue weighted by atomic mass is 16.5. The summed E-state index contributed by atoms with van der Waals surface area (Å²) in [7, 11) is 0. The van der Waals surface area contributed by atoms with Crippen LogP contribution < -0.4 is 5.32 Å². The molecule has 19 heavy (non-hydrogen) atoms. The molecule has 1 heterocycles. The number of carbonyl (C=O) groups is 1. The molecular formula is C15H22N2O2. The largest absolute Gasteiger partial charge is 0.458 e. The second-order valence-corrected chi connectivity index (χ2v) is 5.37. The fourth-order valence-electron chi connectivity index (χ4n) is 2.32. The Morgan fingerprint density at radius 3 is 2.74 bits per heavy atom. The lowest BCUT2D eigenvalue weighted by atomic mass is 9.98. The van der Waals surface area contributed by atoms with Gasteiger partial charge < -0.3 is 10.1 Å². The summed E-state index contributed by atoms with van der Waals surface area (Å²) in [5, 5.41) is 3.18. The second-order valence-electron chi connectivity index (χ2n) is 5.37. The van der Waals surface area contributed by atoms with Crippen LogP contribution in [0.5, 0.6) is 0 Å². The van der Waals surface area contributed by atoms with E-state index in [-0.39, 0.29) is 18.1 Å². The first-order valence-electron chi connectivity index (χ1n) is 7.10. The topological polar surface area (TPSA) is 51.2 Å². The van der Waals surface area contributed by atoms with E-state index in [2.05, 4.69) is 10.3 Å². The third kappa shape index (κ3) is 4.23. The molecule has 0 unspecified atom stereocenters. The van der Waals surface area contributed by atoms with Crippen LogP contribution in [0.2, 0.25) is 0 Å². The van der Waals surface area contributed by atoms with Gasteiger partial charge in [0.15, 0.2) is 5.69 Å². The molecule has 0 aromatic carbocycles. The molecule has 104 valence electrons. The van der Waals surface area contributed by atoms with Crippen LogP contribution in [-0.2, 0) is 4.74 Å². The molecule has 0 spiro atoms. The van der Waals surface area contributed by atoms with Crippen molar-refractivity contribution in [2.75, 3.05) is 5.32 Å². The predicted molar refractivity (Wildman–Crippen MR) is 75.3 cm³/mol. The van der Waals surface area contributed by atoms with E-state index in [0.717, 1.165) is 25.7 Å². The molecule has 0 amide bonds. The highest BCUT2D eigenvalue weighted by molar-refractivity contribution is 5.87. The molecule has 1 aliphatic carbocycles. The molecule has 4 nitrogen and oxygen atoms in total. The summed E-state index contributed by atoms with van der Waals surface area (Å²) in [5.41, 5.74) is 0.385. The van der Waals surface area contributed by atoms with Gasteiger partial charge >= 0.3 is 5.97 Å². The lowest BCUT2D eigenvalue weighted by Crippen LogP contribution is -2.22. The number of rotatable bonds is 4. The van der Waals surface area contributed by atoms with E-state index < -0.39 is 0 Å². The van der Waals surface area contributed by atoms with Crippen molar-refractivity contribution >= 4 is 11.8 Å². The zero-order valence-corrected chi connectivity index (χ0v) is 11.7. The summed E-state index contributed by atoms with van der Waals surface area (Å²) < 4.78 is 5.51. The lowest BCUT2D eigenvalue weighted by molar-refractivity contribution is 0.0204. The van der Waals surface area contributed by atoms with Gasteiger partial charge in [-0.2, -0.15) is 0 Å². The molecule has 0 aliphatic heterocycles. The Labute approximate surface area is 114 Å². The first kappa shape index (κ1) is 13.8. The molecule has 1 N–H and O–H groups in total. The zero-order chi connectivity index (χ0) is 13.7. The van der Waals surface area contributed by atoms with Crippen LogP contribution >= 0.6 is 0 Å². The molecule has 0 saturated heterocycles. The molecule has 1 fully saturated rings. The molecule has 1 aromatic heterocycles. The summed E-state index contributed by atoms with van der Waals surface area (Å²) in [6, 6.07) is 5.68. The van der Waals surface area contributed by atoms with Crippen LogP contribution in [0.1, 0.15) is 56.4 Å². The Balaban J connectivity index is 1.97. The zero-order valence-electron chi connectivity index (χ0n) is 11.7.